The van der Waals surface area contributed by atoms with Gasteiger partial charge in [-0.25, -0.2) is 4.39 Å². The van der Waals surface area contributed by atoms with Gasteiger partial charge < -0.3 is 9.66 Å². The first-order chi connectivity index (χ1) is 10.7. The molecule has 2 N–H and O–H groups in total. The number of nitrogens with one attached hydrogen (secondary N) is 1. The van der Waals surface area contributed by atoms with Gasteiger partial charge in [-0.05, 0) is 33.8 Å². The number of hydrogen-bond acceptors (Lipinski definition) is 3. The third-order valence-corrected chi connectivity index (χ3v) is 5.44. The largest absolute Gasteiger partial charge is 0.598 e. The van der Waals surface area contributed by atoms with Crippen LogP contribution in [0, 0.1) is 5.82 Å². The van der Waals surface area contributed by atoms with Crippen molar-refractivity contribution in [2.45, 2.75) is 56.7 Å². The summed E-state index contributed by atoms with van der Waals surface area (Å²) in [6.07, 6.45) is -8.53. The van der Waals surface area contributed by atoms with Crippen molar-refractivity contribution in [1.29, 1.82) is 0 Å². The molecule has 0 aliphatic heterocycles. The molecule has 9 heteroatoms. The summed E-state index contributed by atoms with van der Waals surface area (Å²) in [6, 6.07) is 3.87. The molecule has 138 valence electrons. The second-order valence-electron chi connectivity index (χ2n) is 6.68. The highest BCUT2D eigenvalue weighted by Gasteiger charge is 2.47. The van der Waals surface area contributed by atoms with Crippen LogP contribution in [0.5, 0.6) is 0 Å². The fourth-order valence-electron chi connectivity index (χ4n) is 2.00. The van der Waals surface area contributed by atoms with Crippen LogP contribution in [-0.4, -0.2) is 26.7 Å². The molecule has 24 heavy (non-hydrogen) atoms. The summed E-state index contributed by atoms with van der Waals surface area (Å²) in [5.74, 6) is -0.922. The van der Waals surface area contributed by atoms with Gasteiger partial charge in [-0.15, -0.1) is 4.72 Å². The number of aliphatic hydroxyl groups is 1. The zero-order valence-electron chi connectivity index (χ0n) is 13.7. The molecule has 1 unspecified atom stereocenters. The maximum absolute atomic E-state index is 14.4. The van der Waals surface area contributed by atoms with Crippen LogP contribution >= 0.6 is 11.6 Å². The molecule has 0 amide bonds. The third kappa shape index (κ3) is 5.23. The predicted octanol–water partition coefficient (Wildman–Crippen LogP) is 4.06. The summed E-state index contributed by atoms with van der Waals surface area (Å²) in [5.41, 5.74) is -1.95. The quantitative estimate of drug-likeness (QED) is 0.590. The van der Waals surface area contributed by atoms with Crippen molar-refractivity contribution < 1.29 is 27.2 Å². The summed E-state index contributed by atoms with van der Waals surface area (Å²) >= 11 is 3.91. The van der Waals surface area contributed by atoms with Crippen molar-refractivity contribution in [3.63, 3.8) is 0 Å². The van der Waals surface area contributed by atoms with E-state index in [1.807, 2.05) is 0 Å². The van der Waals surface area contributed by atoms with Crippen LogP contribution in [-0.2, 0) is 16.9 Å². The number of benzene rings is 1. The Morgan fingerprint density at radius 1 is 1.25 bits per heavy atom. The minimum Gasteiger partial charge on any atom is -0.598 e. The third-order valence-electron chi connectivity index (χ3n) is 3.40. The second kappa shape index (κ2) is 7.37. The van der Waals surface area contributed by atoms with E-state index in [-0.39, 0.29) is 10.6 Å². The van der Waals surface area contributed by atoms with Gasteiger partial charge in [0.2, 0.25) is 0 Å². The molecule has 1 aromatic carbocycles. The first-order valence-electron chi connectivity index (χ1n) is 7.07. The van der Waals surface area contributed by atoms with Gasteiger partial charge in [-0.2, -0.15) is 13.2 Å². The lowest BCUT2D eigenvalue weighted by atomic mass is 9.87. The van der Waals surface area contributed by atoms with Crippen LogP contribution in [0.15, 0.2) is 18.2 Å². The molecule has 0 spiro atoms. The van der Waals surface area contributed by atoms with Gasteiger partial charge in [0, 0.05) is 23.3 Å². The molecule has 0 aliphatic carbocycles. The predicted molar refractivity (Wildman–Crippen MR) is 86.5 cm³/mol. The minimum absolute atomic E-state index is 0.198. The van der Waals surface area contributed by atoms with Crippen molar-refractivity contribution in [3.05, 3.63) is 34.6 Å². The molecule has 3 nitrogen and oxygen atoms in total. The van der Waals surface area contributed by atoms with Gasteiger partial charge in [0.15, 0.2) is 6.10 Å². The zero-order chi connectivity index (χ0) is 18.9. The Balaban J connectivity index is 3.32. The summed E-state index contributed by atoms with van der Waals surface area (Å²) in [7, 11) is 0. The normalized spacial score (nSPS) is 18.1. The van der Waals surface area contributed by atoms with Gasteiger partial charge >= 0.3 is 6.18 Å². The average Bonchev–Trinajstić information content (AvgIpc) is 2.39. The Labute approximate surface area is 146 Å². The van der Waals surface area contributed by atoms with E-state index in [1.54, 1.807) is 20.8 Å². The van der Waals surface area contributed by atoms with Crippen molar-refractivity contribution >= 4 is 23.0 Å². The molecule has 1 aromatic rings. The molecule has 0 heterocycles. The summed E-state index contributed by atoms with van der Waals surface area (Å²) < 4.78 is 66.8. The van der Waals surface area contributed by atoms with E-state index in [2.05, 4.69) is 4.72 Å². The summed E-state index contributed by atoms with van der Waals surface area (Å²) in [6.45, 7) is 6.10. The Morgan fingerprint density at radius 3 is 2.25 bits per heavy atom. The Morgan fingerprint density at radius 2 is 1.79 bits per heavy atom. The molecule has 0 saturated heterocycles. The lowest BCUT2D eigenvalue weighted by Crippen LogP contribution is -2.52. The molecule has 1 rings (SSSR count). The first-order valence-corrected chi connectivity index (χ1v) is 8.60. The van der Waals surface area contributed by atoms with Crippen LogP contribution < -0.4 is 4.72 Å². The maximum atomic E-state index is 14.4. The molecular weight excluding hydrogens is 370 g/mol. The van der Waals surface area contributed by atoms with Gasteiger partial charge in [0.1, 0.15) is 10.6 Å². The number of rotatable bonds is 5. The van der Waals surface area contributed by atoms with Gasteiger partial charge in [-0.1, -0.05) is 23.7 Å². The molecule has 3 atom stereocenters. The topological polar surface area (TPSA) is 55.3 Å². The van der Waals surface area contributed by atoms with Gasteiger partial charge in [-0.3, -0.25) is 0 Å². The Kier molecular flexibility index (Phi) is 6.60. The van der Waals surface area contributed by atoms with Crippen molar-refractivity contribution in [1.82, 2.24) is 4.72 Å². The van der Waals surface area contributed by atoms with Crippen LogP contribution in [0.2, 0.25) is 5.02 Å². The molecule has 0 fully saturated rings. The van der Waals surface area contributed by atoms with E-state index in [9.17, 15) is 27.2 Å². The molecule has 0 radical (unpaired) electrons. The summed E-state index contributed by atoms with van der Waals surface area (Å²) in [5, 5.41) is 9.16. The molecule has 0 aromatic heterocycles. The van der Waals surface area contributed by atoms with Crippen LogP contribution in [0.25, 0.3) is 0 Å². The van der Waals surface area contributed by atoms with Gasteiger partial charge in [0.05, 0.1) is 10.6 Å². The number of hydrogen-bond donors (Lipinski definition) is 2. The number of alkyl halides is 3. The average molecular weight is 390 g/mol. The molecular formula is C15H20ClF4NO2S. The molecule has 0 saturated carbocycles. The monoisotopic (exact) mass is 389 g/mol. The van der Waals surface area contributed by atoms with Crippen LogP contribution in [0.3, 0.4) is 0 Å². The highest BCUT2D eigenvalue weighted by atomic mass is 35.5. The number of halogens is 5. The lowest BCUT2D eigenvalue weighted by molar-refractivity contribution is -0.209. The fourth-order valence-corrected chi connectivity index (χ4v) is 3.08. The van der Waals surface area contributed by atoms with E-state index in [0.29, 0.717) is 0 Å². The van der Waals surface area contributed by atoms with Crippen LogP contribution in [0.4, 0.5) is 17.6 Å². The smallest absolute Gasteiger partial charge is 0.414 e. The van der Waals surface area contributed by atoms with E-state index in [4.69, 9.17) is 11.6 Å². The van der Waals surface area contributed by atoms with E-state index < -0.39 is 46.2 Å². The van der Waals surface area contributed by atoms with Gasteiger partial charge in [0.25, 0.3) is 0 Å². The lowest BCUT2D eigenvalue weighted by Gasteiger charge is -2.37. The standard InChI is InChI=1S/C15H20ClF4NO2S/c1-13(2,3)24(23)21-14(4,8-11(22)15(18,19)20)9-6-5-7-10(16)12(9)17/h5-7,11,21-22H,8H2,1-4H3/t11-,14?,24-/m1/s1. The Bertz CT molecular complexity index is 556. The van der Waals surface area contributed by atoms with Crippen molar-refractivity contribution in [3.8, 4) is 0 Å². The summed E-state index contributed by atoms with van der Waals surface area (Å²) in [4.78, 5) is 0. The fraction of sp³-hybridized carbons (Fsp3) is 0.600. The molecule has 0 aliphatic rings. The minimum atomic E-state index is -4.89. The molecule has 0 bridgehead atoms. The highest BCUT2D eigenvalue weighted by Crippen LogP contribution is 2.36. The van der Waals surface area contributed by atoms with E-state index >= 15 is 0 Å². The second-order valence-corrected chi connectivity index (χ2v) is 9.05. The first kappa shape index (κ1) is 21.5. The van der Waals surface area contributed by atoms with Crippen molar-refractivity contribution in [2.24, 2.45) is 0 Å². The number of aliphatic hydroxyl groups excluding tert-OH is 1. The zero-order valence-corrected chi connectivity index (χ0v) is 15.2. The van der Waals surface area contributed by atoms with Crippen LogP contribution in [0.1, 0.15) is 39.7 Å². The van der Waals surface area contributed by atoms with E-state index in [1.165, 1.54) is 25.1 Å². The highest BCUT2D eigenvalue weighted by molar-refractivity contribution is 7.90. The Hall–Kier alpha value is -0.540. The van der Waals surface area contributed by atoms with E-state index in [0.717, 1.165) is 0 Å². The maximum Gasteiger partial charge on any atom is 0.414 e. The van der Waals surface area contributed by atoms with Crippen molar-refractivity contribution in [2.75, 3.05) is 0 Å². The SMILES string of the molecule is CC(C[C@@H](O)C(F)(F)F)(N[S@+]([O-])C(C)(C)C)c1cccc(Cl)c1F.